The van der Waals surface area contributed by atoms with Crippen molar-refractivity contribution in [3.8, 4) is 28.6 Å². The molecule has 0 aliphatic carbocycles. The van der Waals surface area contributed by atoms with Crippen molar-refractivity contribution in [2.24, 2.45) is 0 Å². The Balaban J connectivity index is 2.34. The van der Waals surface area contributed by atoms with E-state index in [1.54, 1.807) is 6.07 Å². The van der Waals surface area contributed by atoms with Crippen LogP contribution in [0.2, 0.25) is 0 Å². The predicted octanol–water partition coefficient (Wildman–Crippen LogP) is 3.85. The highest BCUT2D eigenvalue weighted by atomic mass is 16.5. The minimum Gasteiger partial charge on any atom is -0.504 e. The van der Waals surface area contributed by atoms with Crippen molar-refractivity contribution >= 4 is 0 Å². The maximum absolute atomic E-state index is 12.0. The lowest BCUT2D eigenvalue weighted by Crippen LogP contribution is -2.03. The van der Waals surface area contributed by atoms with Crippen LogP contribution in [0.5, 0.6) is 17.2 Å². The van der Waals surface area contributed by atoms with Crippen molar-refractivity contribution in [3.05, 3.63) is 40.2 Å². The number of phenols is 1. The van der Waals surface area contributed by atoms with Crippen molar-refractivity contribution in [3.63, 3.8) is 0 Å². The summed E-state index contributed by atoms with van der Waals surface area (Å²) >= 11 is 0. The van der Waals surface area contributed by atoms with E-state index < -0.39 is 11.2 Å². The van der Waals surface area contributed by atoms with Crippen LogP contribution in [-0.2, 0) is 6.42 Å². The zero-order valence-electron chi connectivity index (χ0n) is 13.5. The summed E-state index contributed by atoms with van der Waals surface area (Å²) in [6.07, 6.45) is 4.93. The molecule has 0 amide bonds. The highest BCUT2D eigenvalue weighted by molar-refractivity contribution is 5.67. The molecule has 0 atom stereocenters. The fourth-order valence-electron chi connectivity index (χ4n) is 2.40. The van der Waals surface area contributed by atoms with Crippen LogP contribution in [0.25, 0.3) is 11.3 Å². The molecule has 1 aromatic carbocycles. The summed E-state index contributed by atoms with van der Waals surface area (Å²) in [6.45, 7) is 2.14. The topological polar surface area (TPSA) is 79.9 Å². The summed E-state index contributed by atoms with van der Waals surface area (Å²) in [6, 6.07) is 5.86. The molecule has 0 fully saturated rings. The Kier molecular flexibility index (Phi) is 5.68. The van der Waals surface area contributed by atoms with Crippen molar-refractivity contribution in [1.29, 1.82) is 0 Å². The van der Waals surface area contributed by atoms with E-state index >= 15 is 0 Å². The molecule has 0 aliphatic rings. The molecular weight excluding hydrogens is 296 g/mol. The second-order valence-electron chi connectivity index (χ2n) is 5.45. The number of phenolic OH excluding ortho intramolecular Hbond substituents is 1. The summed E-state index contributed by atoms with van der Waals surface area (Å²) < 4.78 is 10.8. The second kappa shape index (κ2) is 7.72. The van der Waals surface area contributed by atoms with E-state index in [0.717, 1.165) is 25.7 Å². The van der Waals surface area contributed by atoms with Crippen LogP contribution in [0.1, 0.15) is 38.4 Å². The molecule has 5 nitrogen and oxygen atoms in total. The minimum atomic E-state index is -0.469. The number of ether oxygens (including phenoxy) is 1. The molecule has 0 unspecified atom stereocenters. The third kappa shape index (κ3) is 4.06. The van der Waals surface area contributed by atoms with Gasteiger partial charge < -0.3 is 19.4 Å². The Morgan fingerprint density at radius 1 is 1.13 bits per heavy atom. The molecule has 2 N–H and O–H groups in total. The fourth-order valence-corrected chi connectivity index (χ4v) is 2.40. The van der Waals surface area contributed by atoms with E-state index in [-0.39, 0.29) is 17.3 Å². The average Bonchev–Trinajstić information content (AvgIpc) is 2.55. The Labute approximate surface area is 135 Å². The number of hydrogen-bond acceptors (Lipinski definition) is 5. The Morgan fingerprint density at radius 2 is 1.91 bits per heavy atom. The van der Waals surface area contributed by atoms with Gasteiger partial charge in [-0.15, -0.1) is 0 Å². The monoisotopic (exact) mass is 318 g/mol. The Morgan fingerprint density at radius 3 is 2.61 bits per heavy atom. The lowest BCUT2D eigenvalue weighted by atomic mass is 10.1. The number of hydrogen-bond donors (Lipinski definition) is 2. The van der Waals surface area contributed by atoms with E-state index in [1.165, 1.54) is 25.3 Å². The minimum absolute atomic E-state index is 0.0196. The predicted molar refractivity (Wildman–Crippen MR) is 88.1 cm³/mol. The molecule has 0 spiro atoms. The van der Waals surface area contributed by atoms with Gasteiger partial charge in [0.25, 0.3) is 0 Å². The fraction of sp³-hybridized carbons (Fsp3) is 0.389. The summed E-state index contributed by atoms with van der Waals surface area (Å²) in [4.78, 5) is 12.0. The van der Waals surface area contributed by atoms with Gasteiger partial charge in [0.2, 0.25) is 11.2 Å². The largest absolute Gasteiger partial charge is 0.504 e. The smallest absolute Gasteiger partial charge is 0.227 e. The molecule has 2 aromatic rings. The summed E-state index contributed by atoms with van der Waals surface area (Å²) in [5.74, 6) is 0.439. The van der Waals surface area contributed by atoms with Crippen LogP contribution in [-0.4, -0.2) is 17.3 Å². The van der Waals surface area contributed by atoms with Gasteiger partial charge in [-0.1, -0.05) is 26.2 Å². The standard InChI is InChI=1S/C18H22O5/c1-3-4-5-6-7-13-11-15(20)17(21)18(23-13)12-8-9-14(19)16(10-12)22-2/h8-11,19,21H,3-7H2,1-2H3. The number of benzene rings is 1. The van der Waals surface area contributed by atoms with Gasteiger partial charge in [-0.3, -0.25) is 4.79 Å². The van der Waals surface area contributed by atoms with Gasteiger partial charge >= 0.3 is 0 Å². The summed E-state index contributed by atoms with van der Waals surface area (Å²) in [5.41, 5.74) is 0.00782. The van der Waals surface area contributed by atoms with Gasteiger partial charge in [0, 0.05) is 18.1 Å². The number of methoxy groups -OCH3 is 1. The first kappa shape index (κ1) is 16.9. The summed E-state index contributed by atoms with van der Waals surface area (Å²) in [7, 11) is 1.43. The maximum Gasteiger partial charge on any atom is 0.227 e. The van der Waals surface area contributed by atoms with Gasteiger partial charge in [-0.25, -0.2) is 0 Å². The lowest BCUT2D eigenvalue weighted by Gasteiger charge is -2.09. The SMILES string of the molecule is CCCCCCc1cc(=O)c(O)c(-c2ccc(O)c(OC)c2)o1. The van der Waals surface area contributed by atoms with Crippen LogP contribution in [0, 0.1) is 0 Å². The van der Waals surface area contributed by atoms with E-state index in [4.69, 9.17) is 9.15 Å². The van der Waals surface area contributed by atoms with Crippen LogP contribution in [0.15, 0.2) is 33.5 Å². The Hall–Kier alpha value is -2.43. The number of aromatic hydroxyl groups is 2. The quantitative estimate of drug-likeness (QED) is 0.758. The third-order valence-corrected chi connectivity index (χ3v) is 3.69. The van der Waals surface area contributed by atoms with Crippen LogP contribution >= 0.6 is 0 Å². The lowest BCUT2D eigenvalue weighted by molar-refractivity contribution is 0.373. The Bertz CT molecular complexity index is 718. The summed E-state index contributed by atoms with van der Waals surface area (Å²) in [5, 5.41) is 19.7. The van der Waals surface area contributed by atoms with Crippen LogP contribution in [0.3, 0.4) is 0 Å². The third-order valence-electron chi connectivity index (χ3n) is 3.69. The van der Waals surface area contributed by atoms with E-state index in [9.17, 15) is 15.0 Å². The van der Waals surface area contributed by atoms with Gasteiger partial charge in [0.1, 0.15) is 5.76 Å². The maximum atomic E-state index is 12.0. The molecule has 0 radical (unpaired) electrons. The first-order valence-corrected chi connectivity index (χ1v) is 7.80. The van der Waals surface area contributed by atoms with Crippen molar-refractivity contribution in [2.45, 2.75) is 39.0 Å². The van der Waals surface area contributed by atoms with Crippen molar-refractivity contribution in [1.82, 2.24) is 0 Å². The highest BCUT2D eigenvalue weighted by Crippen LogP contribution is 2.34. The first-order valence-electron chi connectivity index (χ1n) is 7.80. The number of unbranched alkanes of at least 4 members (excludes halogenated alkanes) is 3. The average molecular weight is 318 g/mol. The van der Waals surface area contributed by atoms with Crippen molar-refractivity contribution < 1.29 is 19.4 Å². The van der Waals surface area contributed by atoms with E-state index in [2.05, 4.69) is 6.92 Å². The molecule has 1 aromatic heterocycles. The normalized spacial score (nSPS) is 10.7. The first-order chi connectivity index (χ1) is 11.1. The molecule has 5 heteroatoms. The van der Waals surface area contributed by atoms with Crippen LogP contribution < -0.4 is 10.2 Å². The van der Waals surface area contributed by atoms with Gasteiger partial charge in [-0.05, 0) is 24.6 Å². The van der Waals surface area contributed by atoms with Crippen LogP contribution in [0.4, 0.5) is 0 Å². The molecule has 2 rings (SSSR count). The van der Waals surface area contributed by atoms with E-state index in [1.807, 2.05) is 0 Å². The molecule has 0 aliphatic heterocycles. The molecular formula is C18H22O5. The van der Waals surface area contributed by atoms with Gasteiger partial charge in [0.15, 0.2) is 17.3 Å². The number of aryl methyl sites for hydroxylation is 1. The molecule has 0 bridgehead atoms. The molecule has 124 valence electrons. The zero-order chi connectivity index (χ0) is 16.8. The molecule has 1 heterocycles. The molecule has 0 saturated heterocycles. The van der Waals surface area contributed by atoms with Crippen molar-refractivity contribution in [2.75, 3.05) is 7.11 Å². The zero-order valence-corrected chi connectivity index (χ0v) is 13.5. The highest BCUT2D eigenvalue weighted by Gasteiger charge is 2.15. The van der Waals surface area contributed by atoms with Gasteiger partial charge in [-0.2, -0.15) is 0 Å². The molecule has 0 saturated carbocycles. The second-order valence-corrected chi connectivity index (χ2v) is 5.45. The molecule has 23 heavy (non-hydrogen) atoms. The van der Waals surface area contributed by atoms with Gasteiger partial charge in [0.05, 0.1) is 7.11 Å². The van der Waals surface area contributed by atoms with E-state index in [0.29, 0.717) is 17.7 Å². The number of rotatable bonds is 7.